The summed E-state index contributed by atoms with van der Waals surface area (Å²) in [5.74, 6) is 0.201. The molecule has 2 aromatic rings. The molecule has 0 saturated heterocycles. The topological polar surface area (TPSA) is 72.2 Å². The summed E-state index contributed by atoms with van der Waals surface area (Å²) in [6.45, 7) is 1.93. The third-order valence-corrected chi connectivity index (χ3v) is 4.27. The Bertz CT molecular complexity index is 661. The van der Waals surface area contributed by atoms with Crippen LogP contribution in [-0.4, -0.2) is 16.6 Å². The molecular weight excluding hydrogens is 300 g/mol. The minimum atomic E-state index is -0.414. The van der Waals surface area contributed by atoms with Crippen molar-refractivity contribution in [3.63, 3.8) is 0 Å². The molecule has 0 bridgehead atoms. The lowest BCUT2D eigenvalue weighted by Gasteiger charge is -2.11. The van der Waals surface area contributed by atoms with Crippen molar-refractivity contribution >= 4 is 29.0 Å². The maximum absolute atomic E-state index is 11.9. The molecule has 1 amide bonds. The maximum atomic E-state index is 11.9. The third-order valence-electron chi connectivity index (χ3n) is 3.07. The molecule has 0 aliphatic heterocycles. The van der Waals surface area contributed by atoms with Crippen LogP contribution in [0.1, 0.15) is 17.7 Å². The monoisotopic (exact) mass is 316 g/mol. The van der Waals surface area contributed by atoms with E-state index in [0.717, 1.165) is 11.3 Å². The molecule has 114 valence electrons. The van der Waals surface area contributed by atoms with Gasteiger partial charge in [0.1, 0.15) is 0 Å². The fraction of sp³-hybridized carbons (Fsp3) is 0.188. The number of carbonyl (C=O) groups is 1. The van der Waals surface area contributed by atoms with Crippen LogP contribution >= 0.6 is 11.8 Å². The van der Waals surface area contributed by atoms with Gasteiger partial charge in [-0.25, -0.2) is 0 Å². The van der Waals surface area contributed by atoms with E-state index in [2.05, 4.69) is 5.32 Å². The fourth-order valence-electron chi connectivity index (χ4n) is 1.91. The van der Waals surface area contributed by atoms with E-state index in [-0.39, 0.29) is 16.8 Å². The van der Waals surface area contributed by atoms with Gasteiger partial charge in [0.25, 0.3) is 5.69 Å². The highest BCUT2D eigenvalue weighted by atomic mass is 32.2. The van der Waals surface area contributed by atoms with E-state index >= 15 is 0 Å². The highest BCUT2D eigenvalue weighted by molar-refractivity contribution is 8.00. The minimum absolute atomic E-state index is 0.00132. The molecule has 5 nitrogen and oxygen atoms in total. The normalized spacial score (nSPS) is 11.7. The van der Waals surface area contributed by atoms with Gasteiger partial charge in [-0.05, 0) is 24.6 Å². The standard InChI is InChI=1S/C16H16N2O3S/c1-12(13-6-5-9-15(10-13)18(20)21)22-11-16(19)17-14-7-3-2-4-8-14/h2-10,12H,11H2,1H3,(H,17,19)/t12-/m1/s1. The van der Waals surface area contributed by atoms with Gasteiger partial charge >= 0.3 is 0 Å². The lowest BCUT2D eigenvalue weighted by Crippen LogP contribution is -2.14. The zero-order valence-corrected chi connectivity index (χ0v) is 12.9. The molecule has 0 spiro atoms. The van der Waals surface area contributed by atoms with Crippen LogP contribution < -0.4 is 5.32 Å². The molecule has 0 aromatic heterocycles. The van der Waals surface area contributed by atoms with Crippen molar-refractivity contribution in [2.24, 2.45) is 0 Å². The van der Waals surface area contributed by atoms with E-state index in [4.69, 9.17) is 0 Å². The summed E-state index contributed by atoms with van der Waals surface area (Å²) in [7, 11) is 0. The highest BCUT2D eigenvalue weighted by Crippen LogP contribution is 2.30. The van der Waals surface area contributed by atoms with E-state index < -0.39 is 4.92 Å². The van der Waals surface area contributed by atoms with Crippen molar-refractivity contribution in [3.8, 4) is 0 Å². The van der Waals surface area contributed by atoms with Gasteiger partial charge in [0.15, 0.2) is 0 Å². The van der Waals surface area contributed by atoms with Crippen LogP contribution in [0.2, 0.25) is 0 Å². The van der Waals surface area contributed by atoms with E-state index in [1.807, 2.05) is 43.3 Å². The van der Waals surface area contributed by atoms with Gasteiger partial charge in [-0.3, -0.25) is 14.9 Å². The fourth-order valence-corrected chi connectivity index (χ4v) is 2.72. The summed E-state index contributed by atoms with van der Waals surface area (Å²) < 4.78 is 0. The number of hydrogen-bond donors (Lipinski definition) is 1. The number of rotatable bonds is 6. The van der Waals surface area contributed by atoms with Crippen LogP contribution in [0.5, 0.6) is 0 Å². The van der Waals surface area contributed by atoms with Crippen molar-refractivity contribution in [3.05, 3.63) is 70.3 Å². The second-order valence-electron chi connectivity index (χ2n) is 4.72. The molecule has 6 heteroatoms. The zero-order chi connectivity index (χ0) is 15.9. The third kappa shape index (κ3) is 4.60. The molecule has 22 heavy (non-hydrogen) atoms. The number of thioether (sulfide) groups is 1. The summed E-state index contributed by atoms with van der Waals surface area (Å²) in [6.07, 6.45) is 0. The molecule has 0 saturated carbocycles. The molecule has 2 aromatic carbocycles. The van der Waals surface area contributed by atoms with Gasteiger partial charge in [-0.15, -0.1) is 11.8 Å². The quantitative estimate of drug-likeness (QED) is 0.645. The van der Waals surface area contributed by atoms with Gasteiger partial charge in [-0.1, -0.05) is 30.3 Å². The number of nitro groups is 1. The van der Waals surface area contributed by atoms with Crippen LogP contribution in [-0.2, 0) is 4.79 Å². The molecule has 0 fully saturated rings. The minimum Gasteiger partial charge on any atom is -0.325 e. The Balaban J connectivity index is 1.89. The van der Waals surface area contributed by atoms with Crippen molar-refractivity contribution < 1.29 is 9.72 Å². The predicted octanol–water partition coefficient (Wildman–Crippen LogP) is 4.03. The average Bonchev–Trinajstić information content (AvgIpc) is 2.53. The summed E-state index contributed by atoms with van der Waals surface area (Å²) >= 11 is 1.44. The van der Waals surface area contributed by atoms with E-state index in [1.165, 1.54) is 17.8 Å². The number of carbonyl (C=O) groups excluding carboxylic acids is 1. The van der Waals surface area contributed by atoms with E-state index in [9.17, 15) is 14.9 Å². The summed E-state index contributed by atoms with van der Waals surface area (Å²) in [6, 6.07) is 15.8. The van der Waals surface area contributed by atoms with Crippen molar-refractivity contribution in [1.82, 2.24) is 0 Å². The van der Waals surface area contributed by atoms with Crippen molar-refractivity contribution in [2.45, 2.75) is 12.2 Å². The first-order valence-corrected chi connectivity index (χ1v) is 7.82. The van der Waals surface area contributed by atoms with Gasteiger partial charge in [0.05, 0.1) is 10.7 Å². The number of benzene rings is 2. The van der Waals surface area contributed by atoms with Crippen LogP contribution in [0, 0.1) is 10.1 Å². The van der Waals surface area contributed by atoms with E-state index in [1.54, 1.807) is 12.1 Å². The Labute approximate surface area is 132 Å². The van der Waals surface area contributed by atoms with Gasteiger partial charge in [0, 0.05) is 23.1 Å². The molecule has 0 aliphatic carbocycles. The molecule has 1 atom stereocenters. The summed E-state index contributed by atoms with van der Waals surface area (Å²) in [5, 5.41) is 13.6. The number of para-hydroxylation sites is 1. The molecule has 0 heterocycles. The highest BCUT2D eigenvalue weighted by Gasteiger charge is 2.13. The second-order valence-corrected chi connectivity index (χ2v) is 6.05. The lowest BCUT2D eigenvalue weighted by atomic mass is 10.1. The number of amides is 1. The lowest BCUT2D eigenvalue weighted by molar-refractivity contribution is -0.384. The van der Waals surface area contributed by atoms with E-state index in [0.29, 0.717) is 5.75 Å². The largest absolute Gasteiger partial charge is 0.325 e. The molecule has 1 N–H and O–H groups in total. The van der Waals surface area contributed by atoms with Crippen molar-refractivity contribution in [2.75, 3.05) is 11.1 Å². The number of nitrogens with zero attached hydrogens (tertiary/aromatic N) is 1. The SMILES string of the molecule is C[C@@H](SCC(=O)Nc1ccccc1)c1cccc([N+](=O)[O-])c1. The number of hydrogen-bond acceptors (Lipinski definition) is 4. The zero-order valence-electron chi connectivity index (χ0n) is 12.1. The van der Waals surface area contributed by atoms with Gasteiger partial charge in [0.2, 0.25) is 5.91 Å². The second kappa shape index (κ2) is 7.61. The van der Waals surface area contributed by atoms with Crippen LogP contribution in [0.15, 0.2) is 54.6 Å². The molecule has 0 radical (unpaired) electrons. The van der Waals surface area contributed by atoms with Gasteiger partial charge < -0.3 is 5.32 Å². The number of nitro benzene ring substituents is 1. The number of anilines is 1. The smallest absolute Gasteiger partial charge is 0.269 e. The first-order valence-electron chi connectivity index (χ1n) is 6.77. The Hall–Kier alpha value is -2.34. The molecular formula is C16H16N2O3S. The average molecular weight is 316 g/mol. The Morgan fingerprint density at radius 1 is 1.23 bits per heavy atom. The maximum Gasteiger partial charge on any atom is 0.269 e. The van der Waals surface area contributed by atoms with Crippen LogP contribution in [0.4, 0.5) is 11.4 Å². The molecule has 0 aliphatic rings. The van der Waals surface area contributed by atoms with Gasteiger partial charge in [-0.2, -0.15) is 0 Å². The van der Waals surface area contributed by atoms with Crippen molar-refractivity contribution in [1.29, 1.82) is 0 Å². The Kier molecular flexibility index (Phi) is 5.55. The Morgan fingerprint density at radius 2 is 1.95 bits per heavy atom. The number of nitrogens with one attached hydrogen (secondary N) is 1. The van der Waals surface area contributed by atoms with Crippen LogP contribution in [0.3, 0.4) is 0 Å². The molecule has 2 rings (SSSR count). The first kappa shape index (κ1) is 16.0. The summed E-state index contributed by atoms with van der Waals surface area (Å²) in [4.78, 5) is 22.2. The predicted molar refractivity (Wildman–Crippen MR) is 89.0 cm³/mol. The Morgan fingerprint density at radius 3 is 2.64 bits per heavy atom. The summed E-state index contributed by atoms with van der Waals surface area (Å²) in [5.41, 5.74) is 1.67. The molecule has 0 unspecified atom stereocenters. The number of non-ortho nitro benzene ring substituents is 1. The first-order chi connectivity index (χ1) is 10.6. The van der Waals surface area contributed by atoms with Crippen LogP contribution in [0.25, 0.3) is 0 Å².